The molecular weight excluding hydrogens is 386 g/mol. The van der Waals surface area contributed by atoms with Gasteiger partial charge in [-0.15, -0.1) is 0 Å². The number of aliphatic carboxylic acids is 1. The van der Waals surface area contributed by atoms with Gasteiger partial charge >= 0.3 is 5.97 Å². The van der Waals surface area contributed by atoms with E-state index in [1.165, 1.54) is 17.7 Å². The van der Waals surface area contributed by atoms with Crippen LogP contribution in [0.1, 0.15) is 36.8 Å². The maximum absolute atomic E-state index is 12.4. The van der Waals surface area contributed by atoms with Crippen molar-refractivity contribution in [1.29, 1.82) is 0 Å². The minimum atomic E-state index is -3.85. The van der Waals surface area contributed by atoms with Gasteiger partial charge in [0.05, 0.1) is 4.90 Å². The highest BCUT2D eigenvalue weighted by molar-refractivity contribution is 7.89. The molecule has 0 fully saturated rings. The third-order valence-corrected chi connectivity index (χ3v) is 6.04. The minimum absolute atomic E-state index is 0.0714. The number of carbonyl (C=O) groups is 1. The zero-order valence-corrected chi connectivity index (χ0v) is 16.8. The lowest BCUT2D eigenvalue weighted by Crippen LogP contribution is -2.40. The average Bonchev–Trinajstić information content (AvgIpc) is 2.62. The van der Waals surface area contributed by atoms with Crippen molar-refractivity contribution >= 4 is 27.6 Å². The molecule has 1 atom stereocenters. The molecule has 7 heteroatoms. The highest BCUT2D eigenvalue weighted by atomic mass is 35.5. The third-order valence-electron chi connectivity index (χ3n) is 4.30. The van der Waals surface area contributed by atoms with Crippen LogP contribution < -0.4 is 4.72 Å². The number of halogens is 1. The Morgan fingerprint density at radius 3 is 2.26 bits per heavy atom. The summed E-state index contributed by atoms with van der Waals surface area (Å²) < 4.78 is 27.1. The summed E-state index contributed by atoms with van der Waals surface area (Å²) >= 11 is 5.85. The third kappa shape index (κ3) is 6.97. The number of nitrogens with one attached hydrogen (secondary N) is 1. The number of hydrogen-bond donors (Lipinski definition) is 2. The predicted octanol–water partition coefficient (Wildman–Crippen LogP) is 4.18. The van der Waals surface area contributed by atoms with E-state index >= 15 is 0 Å². The Kier molecular flexibility index (Phi) is 7.83. The van der Waals surface area contributed by atoms with Crippen LogP contribution in [0.25, 0.3) is 0 Å². The number of carboxylic acids is 1. The summed E-state index contributed by atoms with van der Waals surface area (Å²) in [5.74, 6) is -1.16. The second-order valence-corrected chi connectivity index (χ2v) is 8.70. The van der Waals surface area contributed by atoms with Crippen LogP contribution in [0, 0.1) is 6.92 Å². The van der Waals surface area contributed by atoms with E-state index in [4.69, 9.17) is 11.6 Å². The minimum Gasteiger partial charge on any atom is -0.480 e. The number of unbranched alkanes of at least 4 members (excludes halogenated alkanes) is 2. The Morgan fingerprint density at radius 2 is 1.67 bits per heavy atom. The van der Waals surface area contributed by atoms with Crippen molar-refractivity contribution in [3.63, 3.8) is 0 Å². The van der Waals surface area contributed by atoms with Crippen LogP contribution in [-0.4, -0.2) is 25.5 Å². The number of sulfonamides is 1. The van der Waals surface area contributed by atoms with Gasteiger partial charge in [0.2, 0.25) is 10.0 Å². The van der Waals surface area contributed by atoms with E-state index in [0.29, 0.717) is 11.4 Å². The molecule has 0 aromatic heterocycles. The Labute approximate surface area is 165 Å². The molecule has 2 aromatic rings. The van der Waals surface area contributed by atoms with Gasteiger partial charge in [-0.05, 0) is 56.0 Å². The van der Waals surface area contributed by atoms with E-state index in [9.17, 15) is 18.3 Å². The summed E-state index contributed by atoms with van der Waals surface area (Å²) in [5, 5.41) is 10.0. The van der Waals surface area contributed by atoms with Crippen molar-refractivity contribution in [3.8, 4) is 0 Å². The smallest absolute Gasteiger partial charge is 0.321 e. The SMILES string of the molecule is Cc1ccc(S(=O)(=O)NC(CCCCCc2ccc(Cl)cc2)C(=O)O)cc1. The molecule has 0 aliphatic heterocycles. The van der Waals surface area contributed by atoms with Gasteiger partial charge in [-0.25, -0.2) is 8.42 Å². The second-order valence-electron chi connectivity index (χ2n) is 6.55. The Balaban J connectivity index is 1.83. The predicted molar refractivity (Wildman–Crippen MR) is 107 cm³/mol. The maximum Gasteiger partial charge on any atom is 0.321 e. The van der Waals surface area contributed by atoms with Crippen LogP contribution in [0.3, 0.4) is 0 Å². The van der Waals surface area contributed by atoms with Gasteiger partial charge in [-0.2, -0.15) is 4.72 Å². The molecule has 0 saturated heterocycles. The fourth-order valence-electron chi connectivity index (χ4n) is 2.71. The van der Waals surface area contributed by atoms with Crippen molar-refractivity contribution in [2.45, 2.75) is 50.0 Å². The zero-order valence-electron chi connectivity index (χ0n) is 15.2. The van der Waals surface area contributed by atoms with Gasteiger partial charge < -0.3 is 5.11 Å². The van der Waals surface area contributed by atoms with Crippen LogP contribution in [-0.2, 0) is 21.2 Å². The fourth-order valence-corrected chi connectivity index (χ4v) is 4.06. The standard InChI is InChI=1S/C20H24ClNO4S/c1-15-7-13-18(14-8-15)27(25,26)22-19(20(23)24)6-4-2-3-5-16-9-11-17(21)12-10-16/h7-14,19,22H,2-6H2,1H3,(H,23,24). The van der Waals surface area contributed by atoms with Crippen LogP contribution in [0.4, 0.5) is 0 Å². The van der Waals surface area contributed by atoms with Crippen molar-refractivity contribution < 1.29 is 18.3 Å². The molecule has 5 nitrogen and oxygen atoms in total. The number of carboxylic acid groups (broad SMARTS) is 1. The summed E-state index contributed by atoms with van der Waals surface area (Å²) in [6, 6.07) is 12.8. The van der Waals surface area contributed by atoms with Gasteiger partial charge in [-0.3, -0.25) is 4.79 Å². The molecule has 0 spiro atoms. The Bertz CT molecular complexity index is 849. The monoisotopic (exact) mass is 409 g/mol. The van der Waals surface area contributed by atoms with Gasteiger partial charge in [0.1, 0.15) is 6.04 Å². The normalized spacial score (nSPS) is 12.7. The first kappa shape index (κ1) is 21.4. The summed E-state index contributed by atoms with van der Waals surface area (Å²) in [4.78, 5) is 11.5. The molecule has 27 heavy (non-hydrogen) atoms. The highest BCUT2D eigenvalue weighted by Crippen LogP contribution is 2.15. The van der Waals surface area contributed by atoms with E-state index in [1.54, 1.807) is 12.1 Å². The molecule has 2 rings (SSSR count). The first-order valence-electron chi connectivity index (χ1n) is 8.84. The highest BCUT2D eigenvalue weighted by Gasteiger charge is 2.24. The van der Waals surface area contributed by atoms with E-state index < -0.39 is 22.0 Å². The van der Waals surface area contributed by atoms with Crippen LogP contribution >= 0.6 is 11.6 Å². The summed E-state index contributed by atoms with van der Waals surface area (Å²) in [5.41, 5.74) is 2.11. The first-order chi connectivity index (χ1) is 12.8. The van der Waals surface area contributed by atoms with Crippen LogP contribution in [0.5, 0.6) is 0 Å². The molecule has 0 aliphatic rings. The van der Waals surface area contributed by atoms with E-state index in [0.717, 1.165) is 24.8 Å². The molecule has 0 saturated carbocycles. The Hall–Kier alpha value is -1.89. The van der Waals surface area contributed by atoms with E-state index in [2.05, 4.69) is 4.72 Å². The number of rotatable bonds is 10. The van der Waals surface area contributed by atoms with Gasteiger partial charge in [0.15, 0.2) is 0 Å². The van der Waals surface area contributed by atoms with Crippen molar-refractivity contribution in [3.05, 3.63) is 64.7 Å². The molecule has 146 valence electrons. The summed E-state index contributed by atoms with van der Waals surface area (Å²) in [7, 11) is -3.85. The van der Waals surface area contributed by atoms with Crippen LogP contribution in [0.2, 0.25) is 5.02 Å². The lowest BCUT2D eigenvalue weighted by molar-refractivity contribution is -0.139. The van der Waals surface area contributed by atoms with E-state index in [1.807, 2.05) is 31.2 Å². The molecule has 2 N–H and O–H groups in total. The molecule has 0 amide bonds. The van der Waals surface area contributed by atoms with Gasteiger partial charge in [0, 0.05) is 5.02 Å². The van der Waals surface area contributed by atoms with Gasteiger partial charge in [0.25, 0.3) is 0 Å². The zero-order chi connectivity index (χ0) is 19.9. The fraction of sp³-hybridized carbons (Fsp3) is 0.350. The van der Waals surface area contributed by atoms with Crippen molar-refractivity contribution in [1.82, 2.24) is 4.72 Å². The second kappa shape index (κ2) is 9.88. The number of hydrogen-bond acceptors (Lipinski definition) is 3. The molecular formula is C20H24ClNO4S. The molecule has 2 aromatic carbocycles. The average molecular weight is 410 g/mol. The lowest BCUT2D eigenvalue weighted by atomic mass is 10.0. The molecule has 0 bridgehead atoms. The van der Waals surface area contributed by atoms with Crippen molar-refractivity contribution in [2.75, 3.05) is 0 Å². The van der Waals surface area contributed by atoms with E-state index in [-0.39, 0.29) is 11.3 Å². The lowest BCUT2D eigenvalue weighted by Gasteiger charge is -2.15. The molecule has 0 aliphatic carbocycles. The Morgan fingerprint density at radius 1 is 1.04 bits per heavy atom. The number of benzene rings is 2. The topological polar surface area (TPSA) is 83.5 Å². The quantitative estimate of drug-likeness (QED) is 0.576. The molecule has 0 heterocycles. The largest absolute Gasteiger partial charge is 0.480 e. The first-order valence-corrected chi connectivity index (χ1v) is 10.7. The molecule has 1 unspecified atom stereocenters. The number of aryl methyl sites for hydroxylation is 2. The van der Waals surface area contributed by atoms with Crippen molar-refractivity contribution in [2.24, 2.45) is 0 Å². The maximum atomic E-state index is 12.4. The van der Waals surface area contributed by atoms with Crippen LogP contribution in [0.15, 0.2) is 53.4 Å². The summed E-state index contributed by atoms with van der Waals surface area (Å²) in [6.07, 6.45) is 3.48. The van der Waals surface area contributed by atoms with Gasteiger partial charge in [-0.1, -0.05) is 54.3 Å². The molecule has 0 radical (unpaired) electrons. The summed E-state index contributed by atoms with van der Waals surface area (Å²) in [6.45, 7) is 1.86.